The smallest absolute Gasteiger partial charge is 0.119 e. The number of aromatic nitrogens is 2. The van der Waals surface area contributed by atoms with Crippen molar-refractivity contribution in [2.75, 3.05) is 26.2 Å². The van der Waals surface area contributed by atoms with Crippen molar-refractivity contribution in [1.29, 1.82) is 5.26 Å². The number of nitriles is 1. The molecule has 0 aliphatic carbocycles. The van der Waals surface area contributed by atoms with Gasteiger partial charge in [0.1, 0.15) is 18.5 Å². The van der Waals surface area contributed by atoms with Gasteiger partial charge in [0.15, 0.2) is 0 Å². The maximum Gasteiger partial charge on any atom is 0.119 e. The Kier molecular flexibility index (Phi) is 5.69. The lowest BCUT2D eigenvalue weighted by atomic mass is 9.93. The molecule has 6 heteroatoms. The Bertz CT molecular complexity index is 693. The van der Waals surface area contributed by atoms with Crippen LogP contribution >= 0.6 is 0 Å². The van der Waals surface area contributed by atoms with E-state index in [4.69, 9.17) is 10.00 Å². The summed E-state index contributed by atoms with van der Waals surface area (Å²) in [7, 11) is 0. The molecule has 1 aromatic heterocycles. The number of rotatable bonds is 6. The van der Waals surface area contributed by atoms with E-state index in [1.54, 1.807) is 24.3 Å². The highest BCUT2D eigenvalue weighted by molar-refractivity contribution is 5.34. The van der Waals surface area contributed by atoms with Crippen LogP contribution in [-0.2, 0) is 0 Å². The highest BCUT2D eigenvalue weighted by Gasteiger charge is 2.28. The van der Waals surface area contributed by atoms with Crippen LogP contribution in [0.5, 0.6) is 5.75 Å². The molecule has 3 rings (SSSR count). The van der Waals surface area contributed by atoms with E-state index in [0.717, 1.165) is 19.5 Å². The number of nitrogens with zero attached hydrogens (tertiary/aromatic N) is 4. The van der Waals surface area contributed by atoms with E-state index < -0.39 is 6.10 Å². The third-order valence-electron chi connectivity index (χ3n) is 4.81. The SMILES string of the molecule is CC1CCN(CC(O)COc2ccc(C#N)cc2)CC1n1ccnc1. The van der Waals surface area contributed by atoms with Gasteiger partial charge in [0.25, 0.3) is 0 Å². The summed E-state index contributed by atoms with van der Waals surface area (Å²) in [4.78, 5) is 6.44. The molecule has 1 N–H and O–H groups in total. The summed E-state index contributed by atoms with van der Waals surface area (Å²) < 4.78 is 7.79. The quantitative estimate of drug-likeness (QED) is 0.871. The fraction of sp³-hybridized carbons (Fsp3) is 0.474. The molecular weight excluding hydrogens is 316 g/mol. The van der Waals surface area contributed by atoms with Crippen molar-refractivity contribution in [2.45, 2.75) is 25.5 Å². The molecule has 0 saturated carbocycles. The van der Waals surface area contributed by atoms with Crippen LogP contribution < -0.4 is 4.74 Å². The average Bonchev–Trinajstić information content (AvgIpc) is 3.16. The van der Waals surface area contributed by atoms with Crippen molar-refractivity contribution in [3.8, 4) is 11.8 Å². The second-order valence-corrected chi connectivity index (χ2v) is 6.70. The third kappa shape index (κ3) is 4.59. The number of hydrogen-bond acceptors (Lipinski definition) is 5. The molecule has 3 unspecified atom stereocenters. The topological polar surface area (TPSA) is 74.3 Å². The van der Waals surface area contributed by atoms with Crippen LogP contribution in [0.1, 0.15) is 24.9 Å². The molecule has 0 amide bonds. The number of β-amino-alcohol motifs (C(OH)–C–C–N with tert-alkyl or cyclic N) is 1. The summed E-state index contributed by atoms with van der Waals surface area (Å²) in [5.41, 5.74) is 0.598. The Morgan fingerprint density at radius 3 is 2.88 bits per heavy atom. The largest absolute Gasteiger partial charge is 0.491 e. The first kappa shape index (κ1) is 17.5. The van der Waals surface area contributed by atoms with Gasteiger partial charge in [-0.1, -0.05) is 6.92 Å². The molecule has 25 heavy (non-hydrogen) atoms. The van der Waals surface area contributed by atoms with Crippen molar-refractivity contribution in [3.63, 3.8) is 0 Å². The van der Waals surface area contributed by atoms with Crippen LogP contribution in [0.25, 0.3) is 0 Å². The maximum absolute atomic E-state index is 10.3. The molecule has 1 aromatic carbocycles. The summed E-state index contributed by atoms with van der Waals surface area (Å²) in [6.07, 6.45) is 6.25. The zero-order valence-corrected chi connectivity index (χ0v) is 14.5. The van der Waals surface area contributed by atoms with Crippen LogP contribution in [0, 0.1) is 17.2 Å². The van der Waals surface area contributed by atoms with E-state index in [1.165, 1.54) is 0 Å². The number of aliphatic hydroxyl groups excluding tert-OH is 1. The molecule has 2 heterocycles. The summed E-state index contributed by atoms with van der Waals surface area (Å²) >= 11 is 0. The Morgan fingerprint density at radius 2 is 2.20 bits per heavy atom. The normalized spacial score (nSPS) is 22.3. The minimum atomic E-state index is -0.549. The molecule has 6 nitrogen and oxygen atoms in total. The van der Waals surface area contributed by atoms with Gasteiger partial charge >= 0.3 is 0 Å². The average molecular weight is 340 g/mol. The Labute approximate surface area is 148 Å². The number of piperidine rings is 1. The zero-order chi connectivity index (χ0) is 17.6. The van der Waals surface area contributed by atoms with Crippen molar-refractivity contribution < 1.29 is 9.84 Å². The molecule has 1 aliphatic rings. The predicted molar refractivity (Wildman–Crippen MR) is 94.1 cm³/mol. The van der Waals surface area contributed by atoms with Crippen LogP contribution in [0.15, 0.2) is 43.0 Å². The minimum absolute atomic E-state index is 0.244. The van der Waals surface area contributed by atoms with Gasteiger partial charge in [0, 0.05) is 31.5 Å². The van der Waals surface area contributed by atoms with Crippen molar-refractivity contribution in [3.05, 3.63) is 48.5 Å². The summed E-state index contributed by atoms with van der Waals surface area (Å²) in [5.74, 6) is 1.26. The monoisotopic (exact) mass is 340 g/mol. The van der Waals surface area contributed by atoms with Gasteiger partial charge in [-0.25, -0.2) is 4.98 Å². The number of benzene rings is 1. The molecule has 2 aromatic rings. The zero-order valence-electron chi connectivity index (χ0n) is 14.5. The second-order valence-electron chi connectivity index (χ2n) is 6.70. The maximum atomic E-state index is 10.3. The number of aliphatic hydroxyl groups is 1. The van der Waals surface area contributed by atoms with Crippen molar-refractivity contribution in [1.82, 2.24) is 14.5 Å². The summed E-state index contributed by atoms with van der Waals surface area (Å²) in [6.45, 7) is 5.00. The number of hydrogen-bond donors (Lipinski definition) is 1. The van der Waals surface area contributed by atoms with Gasteiger partial charge in [-0.2, -0.15) is 5.26 Å². The van der Waals surface area contributed by atoms with E-state index in [0.29, 0.717) is 29.8 Å². The van der Waals surface area contributed by atoms with Crippen LogP contribution in [0.3, 0.4) is 0 Å². The molecule has 0 radical (unpaired) electrons. The van der Waals surface area contributed by atoms with E-state index in [1.807, 2.05) is 18.7 Å². The van der Waals surface area contributed by atoms with Crippen LogP contribution in [-0.4, -0.2) is 51.9 Å². The van der Waals surface area contributed by atoms with E-state index in [2.05, 4.69) is 27.4 Å². The Morgan fingerprint density at radius 1 is 1.40 bits per heavy atom. The first-order valence-electron chi connectivity index (χ1n) is 8.66. The predicted octanol–water partition coefficient (Wildman–Crippen LogP) is 2.08. The molecule has 1 aliphatic heterocycles. The number of likely N-dealkylation sites (tertiary alicyclic amines) is 1. The fourth-order valence-electron chi connectivity index (χ4n) is 3.30. The van der Waals surface area contributed by atoms with E-state index in [9.17, 15) is 5.11 Å². The van der Waals surface area contributed by atoms with Gasteiger partial charge in [-0.15, -0.1) is 0 Å². The fourth-order valence-corrected chi connectivity index (χ4v) is 3.30. The van der Waals surface area contributed by atoms with Gasteiger partial charge in [-0.05, 0) is 43.1 Å². The first-order valence-corrected chi connectivity index (χ1v) is 8.66. The van der Waals surface area contributed by atoms with Crippen LogP contribution in [0.4, 0.5) is 0 Å². The second kappa shape index (κ2) is 8.15. The first-order chi connectivity index (χ1) is 12.2. The van der Waals surface area contributed by atoms with Gasteiger partial charge in [0.05, 0.1) is 18.0 Å². The van der Waals surface area contributed by atoms with Crippen molar-refractivity contribution >= 4 is 0 Å². The number of ether oxygens (including phenoxy) is 1. The lowest BCUT2D eigenvalue weighted by Gasteiger charge is -2.38. The molecular formula is C19H24N4O2. The van der Waals surface area contributed by atoms with Gasteiger partial charge in [0.2, 0.25) is 0 Å². The highest BCUT2D eigenvalue weighted by Crippen LogP contribution is 2.27. The molecule has 0 bridgehead atoms. The van der Waals surface area contributed by atoms with Gasteiger partial charge in [-0.3, -0.25) is 4.90 Å². The number of imidazole rings is 1. The molecule has 1 fully saturated rings. The van der Waals surface area contributed by atoms with Crippen LogP contribution in [0.2, 0.25) is 0 Å². The standard InChI is InChI=1S/C19H24N4O2/c1-15-6-8-22(12-19(15)23-9-7-21-14-23)11-17(24)13-25-18-4-2-16(10-20)3-5-18/h2-5,7,9,14-15,17,19,24H,6,8,11-13H2,1H3. The van der Waals surface area contributed by atoms with Gasteiger partial charge < -0.3 is 14.4 Å². The molecule has 3 atom stereocenters. The van der Waals surface area contributed by atoms with Crippen molar-refractivity contribution in [2.24, 2.45) is 5.92 Å². The third-order valence-corrected chi connectivity index (χ3v) is 4.81. The lowest BCUT2D eigenvalue weighted by molar-refractivity contribution is 0.0427. The summed E-state index contributed by atoms with van der Waals surface area (Å²) in [5, 5.41) is 19.1. The molecule has 132 valence electrons. The summed E-state index contributed by atoms with van der Waals surface area (Å²) in [6, 6.07) is 9.40. The lowest BCUT2D eigenvalue weighted by Crippen LogP contribution is -2.44. The Hall–Kier alpha value is -2.36. The molecule has 0 spiro atoms. The molecule has 1 saturated heterocycles. The Balaban J connectivity index is 1.48. The van der Waals surface area contributed by atoms with E-state index >= 15 is 0 Å². The minimum Gasteiger partial charge on any atom is -0.491 e. The van der Waals surface area contributed by atoms with E-state index in [-0.39, 0.29) is 6.61 Å². The highest BCUT2D eigenvalue weighted by atomic mass is 16.5.